The normalized spacial score (nSPS) is 10.3. The van der Waals surface area contributed by atoms with Crippen molar-refractivity contribution in [2.24, 2.45) is 5.73 Å². The molecule has 0 atom stereocenters. The van der Waals surface area contributed by atoms with Gasteiger partial charge in [0.1, 0.15) is 5.75 Å². The van der Waals surface area contributed by atoms with Crippen molar-refractivity contribution in [2.45, 2.75) is 19.3 Å². The molecule has 0 fully saturated rings. The Hall–Kier alpha value is -2.33. The highest BCUT2D eigenvalue weighted by Gasteiger charge is 2.06. The van der Waals surface area contributed by atoms with Gasteiger partial charge in [-0.2, -0.15) is 0 Å². The van der Waals surface area contributed by atoms with Gasteiger partial charge in [-0.25, -0.2) is 0 Å². The van der Waals surface area contributed by atoms with Crippen molar-refractivity contribution in [3.63, 3.8) is 0 Å². The second-order valence-corrected chi connectivity index (χ2v) is 5.31. The van der Waals surface area contributed by atoms with E-state index in [0.717, 1.165) is 29.7 Å². The lowest BCUT2D eigenvalue weighted by molar-refractivity contribution is -0.121. The molecule has 2 rings (SSSR count). The molecule has 1 amide bonds. The highest BCUT2D eigenvalue weighted by atomic mass is 16.5. The third kappa shape index (κ3) is 5.75. The first-order chi connectivity index (χ1) is 11.3. The Labute approximate surface area is 137 Å². The first-order valence-electron chi connectivity index (χ1n) is 8.05. The molecule has 2 aromatic rings. The number of carbonyl (C=O) groups is 1. The predicted molar refractivity (Wildman–Crippen MR) is 93.3 cm³/mol. The largest absolute Gasteiger partial charge is 0.492 e. The summed E-state index contributed by atoms with van der Waals surface area (Å²) >= 11 is 0. The van der Waals surface area contributed by atoms with E-state index in [4.69, 9.17) is 10.5 Å². The van der Waals surface area contributed by atoms with E-state index in [1.165, 1.54) is 0 Å². The van der Waals surface area contributed by atoms with Gasteiger partial charge in [-0.3, -0.25) is 4.79 Å². The van der Waals surface area contributed by atoms with E-state index in [0.29, 0.717) is 26.1 Å². The number of unbranched alkanes of at least 4 members (excludes halogenated alkanes) is 1. The molecule has 0 spiro atoms. The number of hydrogen-bond donors (Lipinski definition) is 2. The minimum Gasteiger partial charge on any atom is -0.492 e. The van der Waals surface area contributed by atoms with Crippen molar-refractivity contribution in [2.75, 3.05) is 19.7 Å². The number of amides is 1. The fourth-order valence-corrected chi connectivity index (χ4v) is 2.29. The maximum atomic E-state index is 11.7. The molecule has 23 heavy (non-hydrogen) atoms. The van der Waals surface area contributed by atoms with Crippen molar-refractivity contribution >= 4 is 5.91 Å². The third-order valence-electron chi connectivity index (χ3n) is 3.51. The molecule has 3 N–H and O–H groups in total. The molecule has 0 aliphatic rings. The van der Waals surface area contributed by atoms with Crippen LogP contribution >= 0.6 is 0 Å². The Morgan fingerprint density at radius 1 is 1.00 bits per heavy atom. The standard InChI is InChI=1S/C19H24N2O2/c20-13-6-7-14-21-19(22)12-15-23-18-11-5-4-10-17(18)16-8-2-1-3-9-16/h1-5,8-11H,6-7,12-15,20H2,(H,21,22). The number of nitrogens with one attached hydrogen (secondary N) is 1. The highest BCUT2D eigenvalue weighted by Crippen LogP contribution is 2.29. The summed E-state index contributed by atoms with van der Waals surface area (Å²) in [7, 11) is 0. The van der Waals surface area contributed by atoms with E-state index < -0.39 is 0 Å². The Kier molecular flexibility index (Phi) is 7.14. The van der Waals surface area contributed by atoms with Gasteiger partial charge in [-0.15, -0.1) is 0 Å². The lowest BCUT2D eigenvalue weighted by Gasteiger charge is -2.11. The van der Waals surface area contributed by atoms with E-state index in [2.05, 4.69) is 5.32 Å². The van der Waals surface area contributed by atoms with E-state index in [9.17, 15) is 4.79 Å². The summed E-state index contributed by atoms with van der Waals surface area (Å²) in [6, 6.07) is 18.0. The Bertz CT molecular complexity index is 599. The van der Waals surface area contributed by atoms with Crippen LogP contribution in [0.2, 0.25) is 0 Å². The number of nitrogens with two attached hydrogens (primary N) is 1. The van der Waals surface area contributed by atoms with Gasteiger partial charge in [-0.1, -0.05) is 48.5 Å². The summed E-state index contributed by atoms with van der Waals surface area (Å²) in [5, 5.41) is 2.88. The summed E-state index contributed by atoms with van der Waals surface area (Å²) in [4.78, 5) is 11.7. The summed E-state index contributed by atoms with van der Waals surface area (Å²) in [6.45, 7) is 1.71. The van der Waals surface area contributed by atoms with Gasteiger partial charge < -0.3 is 15.8 Å². The lowest BCUT2D eigenvalue weighted by atomic mass is 10.1. The quantitative estimate of drug-likeness (QED) is 0.700. The maximum Gasteiger partial charge on any atom is 0.223 e. The van der Waals surface area contributed by atoms with Crippen LogP contribution in [0.3, 0.4) is 0 Å². The van der Waals surface area contributed by atoms with Crippen LogP contribution in [0.5, 0.6) is 5.75 Å². The molecule has 0 saturated heterocycles. The predicted octanol–water partition coefficient (Wildman–Crippen LogP) is 2.98. The molecule has 0 bridgehead atoms. The fourth-order valence-electron chi connectivity index (χ4n) is 2.29. The van der Waals surface area contributed by atoms with Gasteiger partial charge in [0.15, 0.2) is 0 Å². The topological polar surface area (TPSA) is 64.3 Å². The molecule has 2 aromatic carbocycles. The molecule has 0 aromatic heterocycles. The average Bonchev–Trinajstić information content (AvgIpc) is 2.60. The van der Waals surface area contributed by atoms with Gasteiger partial charge in [0, 0.05) is 12.1 Å². The van der Waals surface area contributed by atoms with Crippen molar-refractivity contribution in [1.29, 1.82) is 0 Å². The first kappa shape index (κ1) is 17.0. The number of benzene rings is 2. The van der Waals surface area contributed by atoms with Gasteiger partial charge in [-0.05, 0) is 31.0 Å². The number of ether oxygens (including phenoxy) is 1. The lowest BCUT2D eigenvalue weighted by Crippen LogP contribution is -2.26. The smallest absolute Gasteiger partial charge is 0.223 e. The van der Waals surface area contributed by atoms with Gasteiger partial charge in [0.25, 0.3) is 0 Å². The van der Waals surface area contributed by atoms with Crippen LogP contribution in [-0.4, -0.2) is 25.6 Å². The van der Waals surface area contributed by atoms with Crippen LogP contribution in [0.1, 0.15) is 19.3 Å². The van der Waals surface area contributed by atoms with Crippen LogP contribution in [0.25, 0.3) is 11.1 Å². The molecule has 4 heteroatoms. The molecule has 0 saturated carbocycles. The average molecular weight is 312 g/mol. The molecular weight excluding hydrogens is 288 g/mol. The van der Waals surface area contributed by atoms with Gasteiger partial charge in [0.2, 0.25) is 5.91 Å². The van der Waals surface area contributed by atoms with Crippen molar-refractivity contribution in [3.8, 4) is 16.9 Å². The monoisotopic (exact) mass is 312 g/mol. The van der Waals surface area contributed by atoms with Crippen LogP contribution in [0.15, 0.2) is 54.6 Å². The van der Waals surface area contributed by atoms with Crippen LogP contribution < -0.4 is 15.8 Å². The zero-order chi connectivity index (χ0) is 16.3. The second-order valence-electron chi connectivity index (χ2n) is 5.31. The molecule has 0 unspecified atom stereocenters. The van der Waals surface area contributed by atoms with E-state index >= 15 is 0 Å². The molecule has 122 valence electrons. The summed E-state index contributed by atoms with van der Waals surface area (Å²) in [6.07, 6.45) is 2.20. The Morgan fingerprint density at radius 2 is 1.74 bits per heavy atom. The van der Waals surface area contributed by atoms with Gasteiger partial charge in [0.05, 0.1) is 13.0 Å². The number of hydrogen-bond acceptors (Lipinski definition) is 3. The number of carbonyl (C=O) groups excluding carboxylic acids is 1. The van der Waals surface area contributed by atoms with Crippen molar-refractivity contribution < 1.29 is 9.53 Å². The van der Waals surface area contributed by atoms with E-state index in [1.807, 2.05) is 54.6 Å². The molecule has 0 heterocycles. The number of para-hydroxylation sites is 1. The highest BCUT2D eigenvalue weighted by molar-refractivity contribution is 5.76. The third-order valence-corrected chi connectivity index (χ3v) is 3.51. The minimum atomic E-state index is 0.0132. The van der Waals surface area contributed by atoms with Crippen molar-refractivity contribution in [1.82, 2.24) is 5.32 Å². The molecule has 0 radical (unpaired) electrons. The van der Waals surface area contributed by atoms with Gasteiger partial charge >= 0.3 is 0 Å². The van der Waals surface area contributed by atoms with Crippen molar-refractivity contribution in [3.05, 3.63) is 54.6 Å². The Morgan fingerprint density at radius 3 is 2.52 bits per heavy atom. The molecule has 4 nitrogen and oxygen atoms in total. The molecule has 0 aliphatic heterocycles. The van der Waals surface area contributed by atoms with Crippen LogP contribution in [0.4, 0.5) is 0 Å². The van der Waals surface area contributed by atoms with E-state index in [1.54, 1.807) is 0 Å². The summed E-state index contributed by atoms with van der Waals surface area (Å²) in [5.74, 6) is 0.814. The fraction of sp³-hybridized carbons (Fsp3) is 0.316. The zero-order valence-electron chi connectivity index (χ0n) is 13.3. The maximum absolute atomic E-state index is 11.7. The molecule has 0 aliphatic carbocycles. The second kappa shape index (κ2) is 9.64. The summed E-state index contributed by atoms with van der Waals surface area (Å²) < 4.78 is 5.81. The first-order valence-corrected chi connectivity index (χ1v) is 8.05. The van der Waals surface area contributed by atoms with Crippen LogP contribution in [-0.2, 0) is 4.79 Å². The van der Waals surface area contributed by atoms with Crippen LogP contribution in [0, 0.1) is 0 Å². The number of rotatable bonds is 9. The Balaban J connectivity index is 1.83. The SMILES string of the molecule is NCCCCNC(=O)CCOc1ccccc1-c1ccccc1. The van der Waals surface area contributed by atoms with E-state index in [-0.39, 0.29) is 5.91 Å². The zero-order valence-corrected chi connectivity index (χ0v) is 13.3. The minimum absolute atomic E-state index is 0.0132. The summed E-state index contributed by atoms with van der Waals surface area (Å²) in [5.41, 5.74) is 7.56. The molecular formula is C19H24N2O2.